The summed E-state index contributed by atoms with van der Waals surface area (Å²) in [6.07, 6.45) is 3.00. The van der Waals surface area contributed by atoms with Crippen molar-refractivity contribution in [3.63, 3.8) is 0 Å². The highest BCUT2D eigenvalue weighted by atomic mass is 16.6. The van der Waals surface area contributed by atoms with Crippen molar-refractivity contribution in [1.29, 1.82) is 0 Å². The standard InChI is InChI=1S/C16H14N4O3/c21-5-4-20-14-7-13-12(6-11(14)9-23-16(20)22)18-15(19-13)10-2-1-3-17-8-10/h1-3,6-8,21H,4-5,9H2,(H,18,19). The molecule has 0 aliphatic carbocycles. The Labute approximate surface area is 131 Å². The Morgan fingerprint density at radius 1 is 1.39 bits per heavy atom. The number of amides is 1. The summed E-state index contributed by atoms with van der Waals surface area (Å²) in [5.41, 5.74) is 4.12. The van der Waals surface area contributed by atoms with Crippen molar-refractivity contribution in [1.82, 2.24) is 15.0 Å². The van der Waals surface area contributed by atoms with Crippen LogP contribution in [-0.4, -0.2) is 39.3 Å². The first kappa shape index (κ1) is 13.7. The molecule has 1 aliphatic heterocycles. The molecule has 0 unspecified atom stereocenters. The zero-order chi connectivity index (χ0) is 15.8. The van der Waals surface area contributed by atoms with Crippen LogP contribution >= 0.6 is 0 Å². The SMILES string of the molecule is O=C1OCc2cc3[nH]c(-c4cccnc4)nc3cc2N1CCO. The predicted molar refractivity (Wildman–Crippen MR) is 83.9 cm³/mol. The number of pyridine rings is 1. The van der Waals surface area contributed by atoms with Crippen molar-refractivity contribution in [3.8, 4) is 11.4 Å². The topological polar surface area (TPSA) is 91.3 Å². The average Bonchev–Trinajstić information content (AvgIpc) is 3.00. The van der Waals surface area contributed by atoms with Crippen LogP contribution in [0.3, 0.4) is 0 Å². The number of nitrogens with one attached hydrogen (secondary N) is 1. The number of H-pyrrole nitrogens is 1. The van der Waals surface area contributed by atoms with Crippen LogP contribution in [0.25, 0.3) is 22.4 Å². The Bertz CT molecular complexity index is 876. The van der Waals surface area contributed by atoms with Gasteiger partial charge in [0.1, 0.15) is 12.4 Å². The molecule has 1 aromatic carbocycles. The van der Waals surface area contributed by atoms with Crippen LogP contribution in [0, 0.1) is 0 Å². The van der Waals surface area contributed by atoms with Crippen molar-refractivity contribution >= 4 is 22.8 Å². The quantitative estimate of drug-likeness (QED) is 0.773. The Hall–Kier alpha value is -2.93. The lowest BCUT2D eigenvalue weighted by molar-refractivity contribution is 0.140. The van der Waals surface area contributed by atoms with Gasteiger partial charge in [-0.2, -0.15) is 0 Å². The van der Waals surface area contributed by atoms with Gasteiger partial charge in [0.2, 0.25) is 0 Å². The molecular formula is C16H14N4O3. The maximum Gasteiger partial charge on any atom is 0.414 e. The summed E-state index contributed by atoms with van der Waals surface area (Å²) >= 11 is 0. The molecule has 1 aliphatic rings. The third-order valence-corrected chi connectivity index (χ3v) is 3.80. The summed E-state index contributed by atoms with van der Waals surface area (Å²) in [6, 6.07) is 7.55. The molecule has 1 amide bonds. The van der Waals surface area contributed by atoms with Crippen LogP contribution in [0.5, 0.6) is 0 Å². The van der Waals surface area contributed by atoms with Gasteiger partial charge in [-0.3, -0.25) is 9.88 Å². The first-order valence-electron chi connectivity index (χ1n) is 7.24. The fourth-order valence-corrected chi connectivity index (χ4v) is 2.72. The van der Waals surface area contributed by atoms with Gasteiger partial charge in [-0.15, -0.1) is 0 Å². The van der Waals surface area contributed by atoms with Gasteiger partial charge in [-0.25, -0.2) is 9.78 Å². The lowest BCUT2D eigenvalue weighted by atomic mass is 10.1. The molecule has 23 heavy (non-hydrogen) atoms. The smallest absolute Gasteiger partial charge is 0.414 e. The number of aromatic amines is 1. The number of nitrogens with zero attached hydrogens (tertiary/aromatic N) is 3. The highest BCUT2D eigenvalue weighted by Gasteiger charge is 2.26. The van der Waals surface area contributed by atoms with Gasteiger partial charge < -0.3 is 14.8 Å². The first-order chi connectivity index (χ1) is 11.3. The maximum absolute atomic E-state index is 11.9. The highest BCUT2D eigenvalue weighted by Crippen LogP contribution is 2.31. The van der Waals surface area contributed by atoms with Crippen LogP contribution in [0.15, 0.2) is 36.7 Å². The molecule has 3 heterocycles. The van der Waals surface area contributed by atoms with Gasteiger partial charge in [-0.1, -0.05) is 0 Å². The van der Waals surface area contributed by atoms with E-state index >= 15 is 0 Å². The second kappa shape index (κ2) is 5.36. The number of anilines is 1. The number of benzene rings is 1. The van der Waals surface area contributed by atoms with Crippen LogP contribution in [0.4, 0.5) is 10.5 Å². The molecule has 3 aromatic rings. The van der Waals surface area contributed by atoms with Gasteiger partial charge in [0.15, 0.2) is 0 Å². The van der Waals surface area contributed by atoms with E-state index in [9.17, 15) is 4.79 Å². The number of carbonyl (C=O) groups is 1. The van der Waals surface area contributed by atoms with Crippen molar-refractivity contribution in [2.45, 2.75) is 6.61 Å². The van der Waals surface area contributed by atoms with E-state index in [1.165, 1.54) is 4.90 Å². The molecule has 0 atom stereocenters. The molecule has 116 valence electrons. The number of fused-ring (bicyclic) bond motifs is 2. The third-order valence-electron chi connectivity index (χ3n) is 3.80. The normalized spacial score (nSPS) is 14.0. The zero-order valence-corrected chi connectivity index (χ0v) is 12.2. The minimum absolute atomic E-state index is 0.131. The fraction of sp³-hybridized carbons (Fsp3) is 0.188. The second-order valence-electron chi connectivity index (χ2n) is 5.26. The largest absolute Gasteiger partial charge is 0.444 e. The van der Waals surface area contributed by atoms with Gasteiger partial charge >= 0.3 is 6.09 Å². The third kappa shape index (κ3) is 2.31. The van der Waals surface area contributed by atoms with E-state index in [0.717, 1.165) is 33.7 Å². The summed E-state index contributed by atoms with van der Waals surface area (Å²) in [5, 5.41) is 9.15. The number of aromatic nitrogens is 3. The molecule has 7 nitrogen and oxygen atoms in total. The fourth-order valence-electron chi connectivity index (χ4n) is 2.72. The van der Waals surface area contributed by atoms with Crippen molar-refractivity contribution < 1.29 is 14.6 Å². The lowest BCUT2D eigenvalue weighted by Gasteiger charge is -2.28. The first-order valence-corrected chi connectivity index (χ1v) is 7.24. The van der Waals surface area contributed by atoms with E-state index in [4.69, 9.17) is 9.84 Å². The number of rotatable bonds is 3. The number of aliphatic hydroxyl groups is 1. The van der Waals surface area contributed by atoms with Gasteiger partial charge in [-0.05, 0) is 24.3 Å². The highest BCUT2D eigenvalue weighted by molar-refractivity contribution is 5.94. The molecule has 0 bridgehead atoms. The number of β-amino-alcohol motifs (C(OH)–C–C–N with tert-alkyl or cyclic N) is 1. The minimum atomic E-state index is -0.450. The number of aliphatic hydroxyl groups excluding tert-OH is 1. The minimum Gasteiger partial charge on any atom is -0.444 e. The van der Waals surface area contributed by atoms with E-state index in [1.807, 2.05) is 24.3 Å². The van der Waals surface area contributed by atoms with E-state index < -0.39 is 6.09 Å². The molecule has 2 N–H and O–H groups in total. The number of ether oxygens (including phenoxy) is 1. The van der Waals surface area contributed by atoms with E-state index in [0.29, 0.717) is 0 Å². The van der Waals surface area contributed by atoms with Crippen LogP contribution < -0.4 is 4.90 Å². The lowest BCUT2D eigenvalue weighted by Crippen LogP contribution is -2.37. The number of hydrogen-bond donors (Lipinski definition) is 2. The number of imidazole rings is 1. The summed E-state index contributed by atoms with van der Waals surface area (Å²) in [5.74, 6) is 0.719. The molecule has 0 saturated carbocycles. The van der Waals surface area contributed by atoms with Crippen molar-refractivity contribution in [2.24, 2.45) is 0 Å². The molecular weight excluding hydrogens is 296 g/mol. The molecule has 2 aromatic heterocycles. The summed E-state index contributed by atoms with van der Waals surface area (Å²) in [7, 11) is 0. The summed E-state index contributed by atoms with van der Waals surface area (Å²) < 4.78 is 5.14. The summed E-state index contributed by atoms with van der Waals surface area (Å²) in [6.45, 7) is 0.276. The van der Waals surface area contributed by atoms with Crippen molar-refractivity contribution in [3.05, 3.63) is 42.2 Å². The van der Waals surface area contributed by atoms with Crippen LogP contribution in [0.2, 0.25) is 0 Å². The van der Waals surface area contributed by atoms with Gasteiger partial charge in [0, 0.05) is 23.5 Å². The maximum atomic E-state index is 11.9. The predicted octanol–water partition coefficient (Wildman–Crippen LogP) is 2.07. The molecule has 0 radical (unpaired) electrons. The average molecular weight is 310 g/mol. The van der Waals surface area contributed by atoms with E-state index in [2.05, 4.69) is 15.0 Å². The monoisotopic (exact) mass is 310 g/mol. The Morgan fingerprint density at radius 3 is 3.09 bits per heavy atom. The van der Waals surface area contributed by atoms with E-state index in [1.54, 1.807) is 12.4 Å². The van der Waals surface area contributed by atoms with Crippen molar-refractivity contribution in [2.75, 3.05) is 18.1 Å². The second-order valence-corrected chi connectivity index (χ2v) is 5.26. The molecule has 0 saturated heterocycles. The molecule has 7 heteroatoms. The zero-order valence-electron chi connectivity index (χ0n) is 12.2. The van der Waals surface area contributed by atoms with Crippen LogP contribution in [0.1, 0.15) is 5.56 Å². The molecule has 0 fully saturated rings. The van der Waals surface area contributed by atoms with Gasteiger partial charge in [0.25, 0.3) is 0 Å². The molecule has 4 rings (SSSR count). The Morgan fingerprint density at radius 2 is 2.30 bits per heavy atom. The number of hydrogen-bond acceptors (Lipinski definition) is 5. The van der Waals surface area contributed by atoms with E-state index in [-0.39, 0.29) is 19.8 Å². The van der Waals surface area contributed by atoms with Crippen LogP contribution in [-0.2, 0) is 11.3 Å². The number of cyclic esters (lactones) is 1. The Balaban J connectivity index is 1.83. The molecule has 0 spiro atoms. The number of carbonyl (C=O) groups excluding carboxylic acids is 1. The van der Waals surface area contributed by atoms with Gasteiger partial charge in [0.05, 0.1) is 29.9 Å². The summed E-state index contributed by atoms with van der Waals surface area (Å²) in [4.78, 5) is 25.2. The Kier molecular flexibility index (Phi) is 3.20.